The number of rotatable bonds is 7. The number of aliphatic hydroxyl groups excluding tert-OH is 1. The van der Waals surface area contributed by atoms with Gasteiger partial charge in [0, 0.05) is 7.11 Å². The number of ether oxygens (including phenoxy) is 2. The zero-order chi connectivity index (χ0) is 15.2. The number of methoxy groups -OCH3 is 1. The van der Waals surface area contributed by atoms with Crippen molar-refractivity contribution in [2.75, 3.05) is 20.3 Å². The van der Waals surface area contributed by atoms with Crippen LogP contribution in [-0.4, -0.2) is 35.2 Å². The minimum atomic E-state index is -0.864. The Kier molecular flexibility index (Phi) is 5.61. The van der Waals surface area contributed by atoms with Crippen molar-refractivity contribution < 1.29 is 14.6 Å². The maximum absolute atomic E-state index is 10.6. The minimum absolute atomic E-state index is 0.431. The molecule has 1 N–H and O–H groups in total. The summed E-state index contributed by atoms with van der Waals surface area (Å²) < 4.78 is 12.2. The molecule has 0 radical (unpaired) electrons. The van der Waals surface area contributed by atoms with Crippen molar-refractivity contribution in [3.05, 3.63) is 46.7 Å². The molecule has 1 heterocycles. The molecule has 5 nitrogen and oxygen atoms in total. The van der Waals surface area contributed by atoms with E-state index in [1.807, 2.05) is 25.1 Å². The van der Waals surface area contributed by atoms with Crippen LogP contribution in [0, 0.1) is 0 Å². The maximum atomic E-state index is 10.6. The Morgan fingerprint density at radius 1 is 1.43 bits per heavy atom. The molecule has 1 atom stereocenters. The van der Waals surface area contributed by atoms with Crippen molar-refractivity contribution in [1.82, 2.24) is 9.78 Å². The molecule has 2 rings (SSSR count). The Bertz CT molecular complexity index is 586. The van der Waals surface area contributed by atoms with Crippen LogP contribution in [0.4, 0.5) is 0 Å². The normalized spacial score (nSPS) is 12.4. The molecule has 2 aromatic rings. The van der Waals surface area contributed by atoms with Crippen LogP contribution in [0.25, 0.3) is 0 Å². The predicted octanol–water partition coefficient (Wildman–Crippen LogP) is 2.66. The molecule has 21 heavy (non-hydrogen) atoms. The van der Waals surface area contributed by atoms with Gasteiger partial charge in [-0.05, 0) is 24.6 Å². The lowest BCUT2D eigenvalue weighted by Gasteiger charge is -2.15. The molecular formula is C15H19ClN2O3. The van der Waals surface area contributed by atoms with Gasteiger partial charge in [-0.2, -0.15) is 5.10 Å². The van der Waals surface area contributed by atoms with Gasteiger partial charge in [-0.3, -0.25) is 4.68 Å². The van der Waals surface area contributed by atoms with Gasteiger partial charge in [0.25, 0.3) is 0 Å². The second-order valence-corrected chi connectivity index (χ2v) is 4.91. The summed E-state index contributed by atoms with van der Waals surface area (Å²) in [5.74, 6) is 0.716. The van der Waals surface area contributed by atoms with E-state index in [2.05, 4.69) is 5.10 Å². The van der Waals surface area contributed by atoms with E-state index < -0.39 is 6.10 Å². The topological polar surface area (TPSA) is 56.5 Å². The van der Waals surface area contributed by atoms with Crippen molar-refractivity contribution in [1.29, 1.82) is 0 Å². The van der Waals surface area contributed by atoms with Crippen LogP contribution in [0.2, 0.25) is 5.02 Å². The molecule has 0 amide bonds. The van der Waals surface area contributed by atoms with Crippen LogP contribution < -0.4 is 4.74 Å². The number of aromatic nitrogens is 2. The summed E-state index contributed by atoms with van der Waals surface area (Å²) in [4.78, 5) is 0. The van der Waals surface area contributed by atoms with Crippen molar-refractivity contribution in [2.45, 2.75) is 19.6 Å². The van der Waals surface area contributed by atoms with E-state index >= 15 is 0 Å². The fourth-order valence-corrected chi connectivity index (χ4v) is 2.34. The molecule has 0 aliphatic heterocycles. The first-order valence-corrected chi connectivity index (χ1v) is 7.16. The average Bonchev–Trinajstić information content (AvgIpc) is 2.86. The highest BCUT2D eigenvalue weighted by Crippen LogP contribution is 2.29. The van der Waals surface area contributed by atoms with Gasteiger partial charge in [0.2, 0.25) is 0 Å². The Morgan fingerprint density at radius 2 is 2.24 bits per heavy atom. The van der Waals surface area contributed by atoms with Gasteiger partial charge in [-0.1, -0.05) is 23.7 Å². The lowest BCUT2D eigenvalue weighted by molar-refractivity contribution is 0.171. The smallest absolute Gasteiger partial charge is 0.122 e. The monoisotopic (exact) mass is 310 g/mol. The van der Waals surface area contributed by atoms with Gasteiger partial charge < -0.3 is 14.6 Å². The van der Waals surface area contributed by atoms with Crippen molar-refractivity contribution in [3.8, 4) is 5.75 Å². The van der Waals surface area contributed by atoms with Crippen molar-refractivity contribution in [2.24, 2.45) is 0 Å². The van der Waals surface area contributed by atoms with Crippen molar-refractivity contribution >= 4 is 11.6 Å². The third-order valence-electron chi connectivity index (χ3n) is 3.08. The number of aliphatic hydroxyl groups is 1. The first-order valence-electron chi connectivity index (χ1n) is 6.78. The Balaban J connectivity index is 2.28. The number of benzene rings is 1. The van der Waals surface area contributed by atoms with Crippen LogP contribution in [0.5, 0.6) is 5.75 Å². The maximum Gasteiger partial charge on any atom is 0.122 e. The molecule has 1 unspecified atom stereocenters. The fourth-order valence-electron chi connectivity index (χ4n) is 2.10. The van der Waals surface area contributed by atoms with E-state index in [0.717, 1.165) is 0 Å². The zero-order valence-corrected chi connectivity index (χ0v) is 12.9. The first-order chi connectivity index (χ1) is 10.2. The summed E-state index contributed by atoms with van der Waals surface area (Å²) in [6, 6.07) is 7.33. The first kappa shape index (κ1) is 15.8. The van der Waals surface area contributed by atoms with Crippen LogP contribution >= 0.6 is 11.6 Å². The highest BCUT2D eigenvalue weighted by Gasteiger charge is 2.20. The summed E-state index contributed by atoms with van der Waals surface area (Å²) in [6.07, 6.45) is 0.666. The molecule has 0 aliphatic carbocycles. The predicted molar refractivity (Wildman–Crippen MR) is 80.8 cm³/mol. The molecule has 0 saturated heterocycles. The second-order valence-electron chi connectivity index (χ2n) is 4.50. The molecule has 0 aliphatic rings. The van der Waals surface area contributed by atoms with Gasteiger partial charge in [0.05, 0.1) is 36.7 Å². The lowest BCUT2D eigenvalue weighted by Crippen LogP contribution is -2.13. The Hall–Kier alpha value is -1.56. The van der Waals surface area contributed by atoms with E-state index in [1.54, 1.807) is 17.9 Å². The molecule has 0 bridgehead atoms. The molecule has 1 aromatic heterocycles. The average molecular weight is 311 g/mol. The SMILES string of the molecule is CCOc1cccc(C(O)c2c(Cl)cnn2CCOC)c1. The van der Waals surface area contributed by atoms with Crippen molar-refractivity contribution in [3.63, 3.8) is 0 Å². The van der Waals surface area contributed by atoms with Gasteiger partial charge in [0.15, 0.2) is 0 Å². The Labute approximate surface area is 129 Å². The van der Waals surface area contributed by atoms with Gasteiger partial charge in [0.1, 0.15) is 11.9 Å². The number of nitrogens with zero attached hydrogens (tertiary/aromatic N) is 2. The van der Waals surface area contributed by atoms with E-state index in [4.69, 9.17) is 21.1 Å². The summed E-state index contributed by atoms with van der Waals surface area (Å²) in [7, 11) is 1.62. The van der Waals surface area contributed by atoms with E-state index in [1.165, 1.54) is 6.20 Å². The van der Waals surface area contributed by atoms with E-state index in [9.17, 15) is 5.11 Å². The zero-order valence-electron chi connectivity index (χ0n) is 12.1. The standard InChI is InChI=1S/C15H19ClN2O3/c1-3-21-12-6-4-5-11(9-12)15(19)14-13(16)10-17-18(14)7-8-20-2/h4-6,9-10,15,19H,3,7-8H2,1-2H3. The van der Waals surface area contributed by atoms with Crippen LogP contribution in [0.1, 0.15) is 24.3 Å². The third-order valence-corrected chi connectivity index (χ3v) is 3.38. The highest BCUT2D eigenvalue weighted by molar-refractivity contribution is 6.31. The van der Waals surface area contributed by atoms with Gasteiger partial charge in [-0.25, -0.2) is 0 Å². The quantitative estimate of drug-likeness (QED) is 0.854. The minimum Gasteiger partial charge on any atom is -0.494 e. The molecule has 0 fully saturated rings. The fraction of sp³-hybridized carbons (Fsp3) is 0.400. The van der Waals surface area contributed by atoms with Crippen LogP contribution in [0.3, 0.4) is 0 Å². The number of hydrogen-bond donors (Lipinski definition) is 1. The molecule has 1 aromatic carbocycles. The summed E-state index contributed by atoms with van der Waals surface area (Å²) in [5.41, 5.74) is 1.27. The molecule has 0 saturated carbocycles. The molecular weight excluding hydrogens is 292 g/mol. The van der Waals surface area contributed by atoms with E-state index in [0.29, 0.717) is 41.8 Å². The van der Waals surface area contributed by atoms with E-state index in [-0.39, 0.29) is 0 Å². The van der Waals surface area contributed by atoms with Gasteiger partial charge >= 0.3 is 0 Å². The lowest BCUT2D eigenvalue weighted by atomic mass is 10.1. The molecule has 114 valence electrons. The molecule has 6 heteroatoms. The summed E-state index contributed by atoms with van der Waals surface area (Å²) in [5, 5.41) is 15.2. The summed E-state index contributed by atoms with van der Waals surface area (Å²) in [6.45, 7) is 3.52. The largest absolute Gasteiger partial charge is 0.494 e. The molecule has 0 spiro atoms. The summed E-state index contributed by atoms with van der Waals surface area (Å²) >= 11 is 6.15. The number of halogens is 1. The third kappa shape index (κ3) is 3.75. The number of hydrogen-bond acceptors (Lipinski definition) is 4. The van der Waals surface area contributed by atoms with Crippen LogP contribution in [-0.2, 0) is 11.3 Å². The Morgan fingerprint density at radius 3 is 2.95 bits per heavy atom. The van der Waals surface area contributed by atoms with Crippen LogP contribution in [0.15, 0.2) is 30.5 Å². The highest BCUT2D eigenvalue weighted by atomic mass is 35.5. The van der Waals surface area contributed by atoms with Gasteiger partial charge in [-0.15, -0.1) is 0 Å². The second kappa shape index (κ2) is 7.45.